The monoisotopic (exact) mass is 747 g/mol. The van der Waals surface area contributed by atoms with Crippen LogP contribution in [0.25, 0.3) is 0 Å². The Kier molecular flexibility index (Phi) is 10.9. The van der Waals surface area contributed by atoms with Gasteiger partial charge < -0.3 is 36.4 Å². The van der Waals surface area contributed by atoms with Gasteiger partial charge in [-0.2, -0.15) is 0 Å². The standard InChI is InChI=1S/C16H20I3N3O7/c1-6(26)22(7(4-24)8(27)5-25)14-12(18)9(15(20)28)11(17)10(13(14)19)16(29)21-2-3-23/h7-8,23-25,27H,2-5H2,1H3,(H2,20,28)(H,21,29). The molecule has 10 nitrogen and oxygen atoms in total. The number of aliphatic hydroxyl groups is 4. The number of anilines is 1. The van der Waals surface area contributed by atoms with Gasteiger partial charge in [0.05, 0.1) is 49.8 Å². The number of halogens is 3. The molecule has 1 aromatic carbocycles. The first kappa shape index (κ1) is 26.7. The molecule has 3 amide bonds. The van der Waals surface area contributed by atoms with Crippen LogP contribution in [0.1, 0.15) is 27.6 Å². The lowest BCUT2D eigenvalue weighted by Gasteiger charge is -2.34. The highest BCUT2D eigenvalue weighted by atomic mass is 127. The number of amides is 3. The molecule has 29 heavy (non-hydrogen) atoms. The molecule has 0 bridgehead atoms. The minimum Gasteiger partial charge on any atom is -0.395 e. The molecule has 0 aliphatic carbocycles. The quantitative estimate of drug-likeness (QED) is 0.183. The third-order valence-corrected chi connectivity index (χ3v) is 7.07. The van der Waals surface area contributed by atoms with Crippen LogP contribution >= 0.6 is 67.8 Å². The second-order valence-electron chi connectivity index (χ2n) is 5.77. The van der Waals surface area contributed by atoms with Crippen LogP contribution in [0.2, 0.25) is 0 Å². The van der Waals surface area contributed by atoms with Gasteiger partial charge in [0.2, 0.25) is 5.91 Å². The van der Waals surface area contributed by atoms with E-state index in [-0.39, 0.29) is 40.7 Å². The molecule has 13 heteroatoms. The Morgan fingerprint density at radius 1 is 1.03 bits per heavy atom. The molecular weight excluding hydrogens is 727 g/mol. The lowest BCUT2D eigenvalue weighted by molar-refractivity contribution is -0.118. The number of hydrogen-bond donors (Lipinski definition) is 6. The minimum absolute atomic E-state index is 0.00260. The predicted molar refractivity (Wildman–Crippen MR) is 130 cm³/mol. The van der Waals surface area contributed by atoms with E-state index in [1.807, 2.05) is 45.2 Å². The van der Waals surface area contributed by atoms with Gasteiger partial charge in [-0.15, -0.1) is 0 Å². The van der Waals surface area contributed by atoms with E-state index >= 15 is 0 Å². The second kappa shape index (κ2) is 11.9. The second-order valence-corrected chi connectivity index (χ2v) is 9.01. The fourth-order valence-corrected chi connectivity index (χ4v) is 7.30. The van der Waals surface area contributed by atoms with Gasteiger partial charge in [0, 0.05) is 17.0 Å². The van der Waals surface area contributed by atoms with Crippen molar-refractivity contribution in [1.82, 2.24) is 5.32 Å². The molecule has 7 N–H and O–H groups in total. The van der Waals surface area contributed by atoms with Gasteiger partial charge in [-0.05, 0) is 67.8 Å². The molecule has 1 rings (SSSR count). The van der Waals surface area contributed by atoms with Crippen LogP contribution in [-0.2, 0) is 4.79 Å². The normalized spacial score (nSPS) is 13.0. The van der Waals surface area contributed by atoms with Crippen molar-refractivity contribution in [1.29, 1.82) is 0 Å². The summed E-state index contributed by atoms with van der Waals surface area (Å²) in [5.74, 6) is -2.02. The number of benzene rings is 1. The van der Waals surface area contributed by atoms with E-state index in [9.17, 15) is 29.7 Å². The summed E-state index contributed by atoms with van der Waals surface area (Å²) in [6, 6.07) is -1.23. The minimum atomic E-state index is -1.47. The van der Waals surface area contributed by atoms with Crippen LogP contribution in [-0.4, -0.2) is 76.7 Å². The van der Waals surface area contributed by atoms with Crippen molar-refractivity contribution in [2.24, 2.45) is 5.73 Å². The highest BCUT2D eigenvalue weighted by Crippen LogP contribution is 2.39. The van der Waals surface area contributed by atoms with Crippen molar-refractivity contribution in [3.63, 3.8) is 0 Å². The van der Waals surface area contributed by atoms with E-state index in [4.69, 9.17) is 10.8 Å². The summed E-state index contributed by atoms with van der Waals surface area (Å²) in [7, 11) is 0. The molecule has 2 atom stereocenters. The zero-order chi connectivity index (χ0) is 22.5. The zero-order valence-corrected chi connectivity index (χ0v) is 21.6. The van der Waals surface area contributed by atoms with Gasteiger partial charge >= 0.3 is 0 Å². The summed E-state index contributed by atoms with van der Waals surface area (Å²) in [6.45, 7) is -0.548. The fourth-order valence-electron chi connectivity index (χ4n) is 2.59. The molecule has 0 aliphatic heterocycles. The summed E-state index contributed by atoms with van der Waals surface area (Å²) in [5.41, 5.74) is 5.67. The number of hydrogen-bond acceptors (Lipinski definition) is 7. The summed E-state index contributed by atoms with van der Waals surface area (Å²) in [5, 5.41) is 40.6. The average Bonchev–Trinajstić information content (AvgIpc) is 2.64. The maximum atomic E-state index is 12.7. The van der Waals surface area contributed by atoms with Crippen LogP contribution in [0.3, 0.4) is 0 Å². The Labute approximate surface area is 207 Å². The maximum absolute atomic E-state index is 12.7. The van der Waals surface area contributed by atoms with E-state index in [0.717, 1.165) is 4.90 Å². The fraction of sp³-hybridized carbons (Fsp3) is 0.438. The maximum Gasteiger partial charge on any atom is 0.253 e. The lowest BCUT2D eigenvalue weighted by atomic mass is 10.0. The molecule has 2 unspecified atom stereocenters. The number of rotatable bonds is 9. The van der Waals surface area contributed by atoms with Gasteiger partial charge in [-0.1, -0.05) is 0 Å². The molecule has 162 valence electrons. The highest BCUT2D eigenvalue weighted by Gasteiger charge is 2.35. The van der Waals surface area contributed by atoms with E-state index in [1.165, 1.54) is 6.92 Å². The van der Waals surface area contributed by atoms with Crippen molar-refractivity contribution >= 4 is 91.2 Å². The Hall–Kier alpha value is -0.340. The summed E-state index contributed by atoms with van der Waals surface area (Å²) >= 11 is 5.44. The van der Waals surface area contributed by atoms with Gasteiger partial charge in [0.1, 0.15) is 6.10 Å². The van der Waals surface area contributed by atoms with E-state index in [2.05, 4.69) is 5.32 Å². The number of nitrogens with zero attached hydrogens (tertiary/aromatic N) is 1. The molecule has 1 aromatic rings. The van der Waals surface area contributed by atoms with Crippen LogP contribution in [0.15, 0.2) is 0 Å². The van der Waals surface area contributed by atoms with Gasteiger partial charge in [-0.25, -0.2) is 0 Å². The molecule has 0 heterocycles. The first-order valence-corrected chi connectivity index (χ1v) is 11.4. The van der Waals surface area contributed by atoms with Crippen LogP contribution < -0.4 is 16.0 Å². The molecule has 0 radical (unpaired) electrons. The van der Waals surface area contributed by atoms with Crippen molar-refractivity contribution in [3.05, 3.63) is 21.8 Å². The SMILES string of the molecule is CC(=O)N(c1c(I)c(C(N)=O)c(I)c(C(=O)NCCO)c1I)C(CO)C(O)CO. The number of nitrogens with one attached hydrogen (secondary N) is 1. The molecule has 0 aromatic heterocycles. The molecular formula is C16H20I3N3O7. The zero-order valence-electron chi connectivity index (χ0n) is 15.2. The number of aliphatic hydroxyl groups excluding tert-OH is 4. The van der Waals surface area contributed by atoms with Crippen molar-refractivity contribution < 1.29 is 34.8 Å². The van der Waals surface area contributed by atoms with Crippen molar-refractivity contribution in [2.45, 2.75) is 19.1 Å². The highest BCUT2D eigenvalue weighted by molar-refractivity contribution is 14.1. The smallest absolute Gasteiger partial charge is 0.253 e. The van der Waals surface area contributed by atoms with Crippen LogP contribution in [0.4, 0.5) is 5.69 Å². The van der Waals surface area contributed by atoms with Gasteiger partial charge in [0.25, 0.3) is 11.8 Å². The Morgan fingerprint density at radius 2 is 1.59 bits per heavy atom. The molecule has 0 aliphatic rings. The van der Waals surface area contributed by atoms with Crippen molar-refractivity contribution in [2.75, 3.05) is 31.3 Å². The largest absolute Gasteiger partial charge is 0.395 e. The summed E-state index contributed by atoms with van der Waals surface area (Å²) in [6.07, 6.45) is -1.47. The lowest BCUT2D eigenvalue weighted by Crippen LogP contribution is -2.51. The first-order valence-electron chi connectivity index (χ1n) is 8.13. The number of carbonyl (C=O) groups is 3. The van der Waals surface area contributed by atoms with Gasteiger partial charge in [0.15, 0.2) is 0 Å². The molecule has 0 spiro atoms. The third kappa shape index (κ3) is 5.88. The predicted octanol–water partition coefficient (Wildman–Crippen LogP) is -0.612. The Morgan fingerprint density at radius 3 is 2.00 bits per heavy atom. The molecule has 0 fully saturated rings. The topological polar surface area (TPSA) is 173 Å². The summed E-state index contributed by atoms with van der Waals surface area (Å²) < 4.78 is 0.784. The van der Waals surface area contributed by atoms with Gasteiger partial charge in [-0.3, -0.25) is 14.4 Å². The van der Waals surface area contributed by atoms with E-state index in [1.54, 1.807) is 22.6 Å². The van der Waals surface area contributed by atoms with E-state index < -0.39 is 43.1 Å². The molecule has 0 saturated heterocycles. The summed E-state index contributed by atoms with van der Waals surface area (Å²) in [4.78, 5) is 38.3. The van der Waals surface area contributed by atoms with E-state index in [0.29, 0.717) is 0 Å². The Bertz CT molecular complexity index is 807. The number of nitrogens with two attached hydrogens (primary N) is 1. The van der Waals surface area contributed by atoms with Crippen LogP contribution in [0, 0.1) is 10.7 Å². The third-order valence-electron chi connectivity index (χ3n) is 3.89. The Balaban J connectivity index is 3.91. The molecule has 0 saturated carbocycles. The van der Waals surface area contributed by atoms with Crippen LogP contribution in [0.5, 0.6) is 0 Å². The number of primary amides is 1. The van der Waals surface area contributed by atoms with Crippen molar-refractivity contribution in [3.8, 4) is 0 Å². The number of carbonyl (C=O) groups excluding carboxylic acids is 3. The first-order chi connectivity index (χ1) is 13.5. The average molecular weight is 747 g/mol.